The van der Waals surface area contributed by atoms with E-state index in [1.54, 1.807) is 0 Å². The van der Waals surface area contributed by atoms with Crippen molar-refractivity contribution in [2.45, 2.75) is 66.0 Å². The van der Waals surface area contributed by atoms with E-state index < -0.39 is 0 Å². The average molecular weight is 408 g/mol. The topological polar surface area (TPSA) is 67.1 Å². The lowest BCUT2D eigenvalue weighted by Crippen LogP contribution is -2.46. The van der Waals surface area contributed by atoms with Crippen LogP contribution in [0.4, 0.5) is 5.82 Å². The Morgan fingerprint density at radius 3 is 2.53 bits per heavy atom. The zero-order valence-corrected chi connectivity index (χ0v) is 18.8. The van der Waals surface area contributed by atoms with Crippen LogP contribution in [0.3, 0.4) is 0 Å². The molecule has 0 spiro atoms. The van der Waals surface area contributed by atoms with Crippen LogP contribution in [0.25, 0.3) is 22.4 Å². The third kappa shape index (κ3) is 4.64. The summed E-state index contributed by atoms with van der Waals surface area (Å²) < 4.78 is 5.53. The van der Waals surface area contributed by atoms with Gasteiger partial charge in [0.25, 0.3) is 5.89 Å². The minimum absolute atomic E-state index is 0.546. The molecule has 6 heteroatoms. The van der Waals surface area contributed by atoms with Gasteiger partial charge in [-0.2, -0.15) is 4.98 Å². The summed E-state index contributed by atoms with van der Waals surface area (Å²) >= 11 is 0. The van der Waals surface area contributed by atoms with Crippen molar-refractivity contribution in [1.82, 2.24) is 20.4 Å². The number of nitrogens with one attached hydrogen (secondary N) is 1. The molecule has 1 atom stereocenters. The van der Waals surface area contributed by atoms with E-state index >= 15 is 0 Å². The molecule has 1 aromatic carbocycles. The smallest absolute Gasteiger partial charge is 0.261 e. The van der Waals surface area contributed by atoms with Crippen molar-refractivity contribution in [3.8, 4) is 11.5 Å². The number of aromatic nitrogens is 3. The molecule has 0 bridgehead atoms. The number of piperidine rings is 1. The Bertz CT molecular complexity index is 1000. The summed E-state index contributed by atoms with van der Waals surface area (Å²) in [7, 11) is 0. The fourth-order valence-electron chi connectivity index (χ4n) is 4.53. The molecule has 1 saturated heterocycles. The summed E-state index contributed by atoms with van der Waals surface area (Å²) in [6.45, 7) is 12.8. The minimum atomic E-state index is 0.546. The molecule has 3 heterocycles. The first-order valence-electron chi connectivity index (χ1n) is 11.1. The fourth-order valence-corrected chi connectivity index (χ4v) is 4.53. The van der Waals surface area contributed by atoms with Gasteiger partial charge in [0.15, 0.2) is 5.82 Å². The number of aryl methyl sites for hydroxylation is 2. The molecule has 3 aromatic rings. The number of pyridine rings is 1. The van der Waals surface area contributed by atoms with Gasteiger partial charge in [-0.3, -0.25) is 0 Å². The number of fused-ring (bicyclic) bond motifs is 1. The van der Waals surface area contributed by atoms with Gasteiger partial charge in [0.1, 0.15) is 5.82 Å². The molecule has 4 rings (SSSR count). The van der Waals surface area contributed by atoms with Gasteiger partial charge in [0.2, 0.25) is 0 Å². The first-order valence-corrected chi connectivity index (χ1v) is 11.1. The second-order valence-corrected chi connectivity index (χ2v) is 9.16. The molecule has 6 nitrogen and oxygen atoms in total. The van der Waals surface area contributed by atoms with Crippen molar-refractivity contribution in [3.63, 3.8) is 0 Å². The number of rotatable bonds is 6. The van der Waals surface area contributed by atoms with Gasteiger partial charge in [0.05, 0.1) is 11.1 Å². The highest BCUT2D eigenvalue weighted by Gasteiger charge is 2.25. The van der Waals surface area contributed by atoms with Gasteiger partial charge < -0.3 is 14.7 Å². The van der Waals surface area contributed by atoms with E-state index in [1.165, 1.54) is 12.0 Å². The summed E-state index contributed by atoms with van der Waals surface area (Å²) in [5.74, 6) is 2.86. The van der Waals surface area contributed by atoms with Gasteiger partial charge in [-0.15, -0.1) is 0 Å². The third-order valence-corrected chi connectivity index (χ3v) is 5.85. The zero-order valence-electron chi connectivity index (χ0n) is 18.8. The first kappa shape index (κ1) is 20.8. The van der Waals surface area contributed by atoms with Gasteiger partial charge in [-0.05, 0) is 64.2 Å². The van der Waals surface area contributed by atoms with E-state index in [4.69, 9.17) is 9.51 Å². The molecule has 0 amide bonds. The van der Waals surface area contributed by atoms with E-state index in [0.29, 0.717) is 23.8 Å². The summed E-state index contributed by atoms with van der Waals surface area (Å²) in [6.07, 6.45) is 3.43. The maximum atomic E-state index is 5.53. The number of anilines is 1. The standard InChI is InChI=1S/C24H33N5O/c1-15(2)12-17(4)25-20-8-10-29(11-9-20)23-21(24-26-18(5)28-30-24)14-19-13-16(3)6-7-22(19)27-23/h6-7,13-15,17,20,25H,8-12H2,1-5H3. The van der Waals surface area contributed by atoms with E-state index in [1.807, 2.05) is 6.92 Å². The molecule has 1 aliphatic heterocycles. The molecule has 160 valence electrons. The summed E-state index contributed by atoms with van der Waals surface area (Å²) in [5, 5.41) is 8.92. The maximum Gasteiger partial charge on any atom is 0.261 e. The SMILES string of the molecule is Cc1ccc2nc(N3CCC(NC(C)CC(C)C)CC3)c(-c3nc(C)no3)cc2c1. The Balaban J connectivity index is 1.58. The van der Waals surface area contributed by atoms with Gasteiger partial charge in [-0.25, -0.2) is 4.98 Å². The van der Waals surface area contributed by atoms with E-state index in [9.17, 15) is 0 Å². The van der Waals surface area contributed by atoms with Gasteiger partial charge >= 0.3 is 0 Å². The van der Waals surface area contributed by atoms with Crippen LogP contribution in [0, 0.1) is 19.8 Å². The lowest BCUT2D eigenvalue weighted by atomic mass is 10.00. The van der Waals surface area contributed by atoms with Crippen molar-refractivity contribution in [1.29, 1.82) is 0 Å². The monoisotopic (exact) mass is 407 g/mol. The molecular formula is C24H33N5O. The quantitative estimate of drug-likeness (QED) is 0.627. The Hall–Kier alpha value is -2.47. The zero-order chi connectivity index (χ0) is 21.3. The lowest BCUT2D eigenvalue weighted by Gasteiger charge is -2.35. The Kier molecular flexibility index (Phi) is 6.04. The van der Waals surface area contributed by atoms with Gasteiger partial charge in [0, 0.05) is 30.6 Å². The highest BCUT2D eigenvalue weighted by Crippen LogP contribution is 2.33. The second-order valence-electron chi connectivity index (χ2n) is 9.16. The van der Waals surface area contributed by atoms with Crippen LogP contribution in [0.5, 0.6) is 0 Å². The third-order valence-electron chi connectivity index (χ3n) is 5.85. The average Bonchev–Trinajstić information content (AvgIpc) is 3.13. The summed E-state index contributed by atoms with van der Waals surface area (Å²) in [6, 6.07) is 9.63. The largest absolute Gasteiger partial charge is 0.356 e. The molecule has 1 fully saturated rings. The molecule has 1 unspecified atom stereocenters. The van der Waals surface area contributed by atoms with Crippen molar-refractivity contribution >= 4 is 16.7 Å². The molecular weight excluding hydrogens is 374 g/mol. The van der Waals surface area contributed by atoms with Crippen LogP contribution in [-0.2, 0) is 0 Å². The number of hydrogen-bond donors (Lipinski definition) is 1. The summed E-state index contributed by atoms with van der Waals surface area (Å²) in [4.78, 5) is 11.9. The first-order chi connectivity index (χ1) is 14.4. The van der Waals surface area contributed by atoms with Crippen molar-refractivity contribution in [3.05, 3.63) is 35.7 Å². The van der Waals surface area contributed by atoms with E-state index in [0.717, 1.165) is 54.1 Å². The predicted octanol–water partition coefficient (Wildman–Crippen LogP) is 4.89. The fraction of sp³-hybridized carbons (Fsp3) is 0.542. The number of benzene rings is 1. The van der Waals surface area contributed by atoms with Crippen LogP contribution < -0.4 is 10.2 Å². The van der Waals surface area contributed by atoms with Crippen LogP contribution in [0.15, 0.2) is 28.8 Å². The van der Waals surface area contributed by atoms with Crippen molar-refractivity contribution in [2.24, 2.45) is 5.92 Å². The maximum absolute atomic E-state index is 5.53. The van der Waals surface area contributed by atoms with Crippen LogP contribution in [0.1, 0.15) is 51.4 Å². The summed E-state index contributed by atoms with van der Waals surface area (Å²) in [5.41, 5.74) is 3.14. The lowest BCUT2D eigenvalue weighted by molar-refractivity contribution is 0.345. The van der Waals surface area contributed by atoms with Gasteiger partial charge in [-0.1, -0.05) is 30.6 Å². The molecule has 30 heavy (non-hydrogen) atoms. The molecule has 0 saturated carbocycles. The number of nitrogens with zero attached hydrogens (tertiary/aromatic N) is 4. The van der Waals surface area contributed by atoms with E-state index in [-0.39, 0.29) is 0 Å². The van der Waals surface area contributed by atoms with Crippen molar-refractivity contribution < 1.29 is 4.52 Å². The predicted molar refractivity (Wildman–Crippen MR) is 122 cm³/mol. The molecule has 2 aromatic heterocycles. The molecule has 0 aliphatic carbocycles. The molecule has 0 radical (unpaired) electrons. The Morgan fingerprint density at radius 2 is 1.87 bits per heavy atom. The second kappa shape index (κ2) is 8.72. The Labute approximate surface area is 179 Å². The molecule has 1 N–H and O–H groups in total. The minimum Gasteiger partial charge on any atom is -0.356 e. The van der Waals surface area contributed by atoms with Crippen LogP contribution >= 0.6 is 0 Å². The normalized spacial score (nSPS) is 16.5. The Morgan fingerprint density at radius 1 is 1.10 bits per heavy atom. The van der Waals surface area contributed by atoms with Crippen LogP contribution in [0.2, 0.25) is 0 Å². The van der Waals surface area contributed by atoms with E-state index in [2.05, 4.69) is 72.3 Å². The highest BCUT2D eigenvalue weighted by molar-refractivity contribution is 5.88. The van der Waals surface area contributed by atoms with Crippen molar-refractivity contribution in [2.75, 3.05) is 18.0 Å². The van der Waals surface area contributed by atoms with Crippen LogP contribution in [-0.4, -0.2) is 40.3 Å². The number of hydrogen-bond acceptors (Lipinski definition) is 6. The highest BCUT2D eigenvalue weighted by atomic mass is 16.5. The molecule has 1 aliphatic rings.